The van der Waals surface area contributed by atoms with Crippen molar-refractivity contribution in [2.45, 2.75) is 45.6 Å². The molecule has 0 aromatic rings. The number of carbonyl (C=O) groups excluding carboxylic acids is 1. The van der Waals surface area contributed by atoms with Gasteiger partial charge in [0.1, 0.15) is 6.04 Å². The molecule has 0 aliphatic heterocycles. The van der Waals surface area contributed by atoms with E-state index in [1.807, 2.05) is 0 Å². The van der Waals surface area contributed by atoms with E-state index in [0.717, 1.165) is 18.8 Å². The molecule has 98 valence electrons. The van der Waals surface area contributed by atoms with E-state index in [1.54, 1.807) is 0 Å². The van der Waals surface area contributed by atoms with E-state index in [1.165, 1.54) is 19.8 Å². The molecule has 0 aromatic carbocycles. The third-order valence-electron chi connectivity index (χ3n) is 3.31. The van der Waals surface area contributed by atoms with Crippen molar-refractivity contribution in [1.29, 1.82) is 0 Å². The van der Waals surface area contributed by atoms with Crippen molar-refractivity contribution in [1.82, 2.24) is 10.6 Å². The van der Waals surface area contributed by atoms with Crippen molar-refractivity contribution in [3.05, 3.63) is 0 Å². The van der Waals surface area contributed by atoms with Crippen LogP contribution in [0.2, 0.25) is 0 Å². The van der Waals surface area contributed by atoms with Crippen molar-refractivity contribution < 1.29 is 14.7 Å². The Kier molecular flexibility index (Phi) is 5.25. The van der Waals surface area contributed by atoms with Crippen molar-refractivity contribution in [2.24, 2.45) is 11.8 Å². The molecule has 0 heterocycles. The molecule has 2 unspecified atom stereocenters. The first kappa shape index (κ1) is 13.8. The van der Waals surface area contributed by atoms with Gasteiger partial charge in [0.05, 0.1) is 0 Å². The van der Waals surface area contributed by atoms with Gasteiger partial charge in [0.25, 0.3) is 0 Å². The van der Waals surface area contributed by atoms with Crippen LogP contribution in [0.1, 0.15) is 39.5 Å². The maximum atomic E-state index is 11.4. The number of carbonyl (C=O) groups is 2. The van der Waals surface area contributed by atoms with Crippen molar-refractivity contribution in [2.75, 3.05) is 6.54 Å². The molecule has 0 saturated heterocycles. The summed E-state index contributed by atoms with van der Waals surface area (Å²) in [6, 6.07) is -1.24. The van der Waals surface area contributed by atoms with Crippen molar-refractivity contribution >= 4 is 12.0 Å². The minimum atomic E-state index is -1.02. The van der Waals surface area contributed by atoms with Gasteiger partial charge in [-0.3, -0.25) is 4.79 Å². The van der Waals surface area contributed by atoms with Crippen LogP contribution < -0.4 is 10.6 Å². The van der Waals surface area contributed by atoms with Gasteiger partial charge >= 0.3 is 12.0 Å². The minimum absolute atomic E-state index is 0.391. The first-order valence-electron chi connectivity index (χ1n) is 6.26. The lowest BCUT2D eigenvalue weighted by Crippen LogP contribution is -2.45. The maximum Gasteiger partial charge on any atom is 0.325 e. The maximum absolute atomic E-state index is 11.4. The Labute approximate surface area is 102 Å². The van der Waals surface area contributed by atoms with E-state index < -0.39 is 18.0 Å². The zero-order chi connectivity index (χ0) is 12.8. The molecule has 1 rings (SSSR count). The number of hydrogen-bond donors (Lipinski definition) is 3. The van der Waals surface area contributed by atoms with Crippen molar-refractivity contribution in [3.63, 3.8) is 0 Å². The highest BCUT2D eigenvalue weighted by Crippen LogP contribution is 2.27. The van der Waals surface area contributed by atoms with Gasteiger partial charge in [-0.25, -0.2) is 4.79 Å². The Balaban J connectivity index is 2.21. The summed E-state index contributed by atoms with van der Waals surface area (Å²) in [5.74, 6) is 0.243. The normalized spacial score (nSPS) is 26.0. The summed E-state index contributed by atoms with van der Waals surface area (Å²) >= 11 is 0. The largest absolute Gasteiger partial charge is 0.480 e. The second-order valence-corrected chi connectivity index (χ2v) is 5.05. The van der Waals surface area contributed by atoms with E-state index >= 15 is 0 Å². The zero-order valence-electron chi connectivity index (χ0n) is 10.5. The lowest BCUT2D eigenvalue weighted by Gasteiger charge is -2.26. The summed E-state index contributed by atoms with van der Waals surface area (Å²) in [6.07, 6.45) is 4.80. The van der Waals surface area contributed by atoms with E-state index in [4.69, 9.17) is 5.11 Å². The lowest BCUT2D eigenvalue weighted by atomic mass is 9.82. The molecule has 1 saturated carbocycles. The molecule has 3 atom stereocenters. The molecule has 0 aromatic heterocycles. The molecular formula is C12H22N2O3. The second kappa shape index (κ2) is 6.47. The molecular weight excluding hydrogens is 220 g/mol. The van der Waals surface area contributed by atoms with Gasteiger partial charge in [0.2, 0.25) is 0 Å². The van der Waals surface area contributed by atoms with Crippen LogP contribution >= 0.6 is 0 Å². The summed E-state index contributed by atoms with van der Waals surface area (Å²) in [4.78, 5) is 21.9. The van der Waals surface area contributed by atoms with Crippen LogP contribution in [0.5, 0.6) is 0 Å². The van der Waals surface area contributed by atoms with E-state index in [-0.39, 0.29) is 0 Å². The molecule has 0 spiro atoms. The van der Waals surface area contributed by atoms with E-state index in [0.29, 0.717) is 12.5 Å². The average molecular weight is 242 g/mol. The molecule has 0 bridgehead atoms. The third-order valence-corrected chi connectivity index (χ3v) is 3.31. The minimum Gasteiger partial charge on any atom is -0.480 e. The number of amides is 2. The number of carboxylic acid groups (broad SMARTS) is 1. The molecule has 2 amide bonds. The number of nitrogens with one attached hydrogen (secondary N) is 2. The Bertz CT molecular complexity index is 281. The molecule has 17 heavy (non-hydrogen) atoms. The van der Waals surface area contributed by atoms with Gasteiger partial charge in [0.15, 0.2) is 0 Å². The average Bonchev–Trinajstić information content (AvgIpc) is 2.26. The molecule has 5 nitrogen and oxygen atoms in total. The Morgan fingerprint density at radius 1 is 1.41 bits per heavy atom. The highest BCUT2D eigenvalue weighted by atomic mass is 16.4. The summed E-state index contributed by atoms with van der Waals surface area (Å²) in [5.41, 5.74) is 0. The van der Waals surface area contributed by atoms with Gasteiger partial charge in [-0.15, -0.1) is 0 Å². The van der Waals surface area contributed by atoms with Crippen LogP contribution in [0.3, 0.4) is 0 Å². The van der Waals surface area contributed by atoms with Crippen LogP contribution in [0, 0.1) is 11.8 Å². The van der Waals surface area contributed by atoms with E-state index in [2.05, 4.69) is 17.6 Å². The summed E-state index contributed by atoms with van der Waals surface area (Å²) < 4.78 is 0. The van der Waals surface area contributed by atoms with Gasteiger partial charge in [-0.1, -0.05) is 19.8 Å². The molecule has 5 heteroatoms. The van der Waals surface area contributed by atoms with Gasteiger partial charge in [-0.05, 0) is 31.6 Å². The van der Waals surface area contributed by atoms with Crippen LogP contribution in [0.15, 0.2) is 0 Å². The fraction of sp³-hybridized carbons (Fsp3) is 0.833. The highest BCUT2D eigenvalue weighted by Gasteiger charge is 2.20. The number of aliphatic carboxylic acids is 1. The van der Waals surface area contributed by atoms with Crippen LogP contribution in [-0.4, -0.2) is 29.7 Å². The number of urea groups is 1. The fourth-order valence-electron chi connectivity index (χ4n) is 2.29. The third kappa shape index (κ3) is 5.06. The van der Waals surface area contributed by atoms with Crippen LogP contribution in [0.4, 0.5) is 4.79 Å². The molecule has 1 fully saturated rings. The van der Waals surface area contributed by atoms with E-state index in [9.17, 15) is 9.59 Å². The SMILES string of the molecule is CC1CCCC(CNC(=O)N[C@H](C)C(=O)O)C1. The second-order valence-electron chi connectivity index (χ2n) is 5.05. The number of carboxylic acids is 1. The Hall–Kier alpha value is -1.26. The summed E-state index contributed by atoms with van der Waals surface area (Å²) in [5, 5.41) is 13.8. The molecule has 0 radical (unpaired) electrons. The highest BCUT2D eigenvalue weighted by molar-refractivity contribution is 5.82. The molecule has 3 N–H and O–H groups in total. The van der Waals surface area contributed by atoms with Gasteiger partial charge in [-0.2, -0.15) is 0 Å². The van der Waals surface area contributed by atoms with Gasteiger partial charge in [0, 0.05) is 6.54 Å². The van der Waals surface area contributed by atoms with Crippen LogP contribution in [0.25, 0.3) is 0 Å². The predicted octanol–water partition coefficient (Wildman–Crippen LogP) is 1.58. The number of rotatable bonds is 4. The predicted molar refractivity (Wildman–Crippen MR) is 64.8 cm³/mol. The van der Waals surface area contributed by atoms with Crippen LogP contribution in [-0.2, 0) is 4.79 Å². The lowest BCUT2D eigenvalue weighted by molar-refractivity contribution is -0.138. The quantitative estimate of drug-likeness (QED) is 0.700. The molecule has 1 aliphatic carbocycles. The topological polar surface area (TPSA) is 78.4 Å². The summed E-state index contributed by atoms with van der Waals surface area (Å²) in [7, 11) is 0. The summed E-state index contributed by atoms with van der Waals surface area (Å²) in [6.45, 7) is 4.33. The van der Waals surface area contributed by atoms with Gasteiger partial charge < -0.3 is 15.7 Å². The standard InChI is InChI=1S/C12H22N2O3/c1-8-4-3-5-10(6-8)7-13-12(17)14-9(2)11(15)16/h8-10H,3-7H2,1-2H3,(H,15,16)(H2,13,14,17)/t8?,9-,10?/m1/s1. The first-order chi connectivity index (χ1) is 7.99. The Morgan fingerprint density at radius 2 is 2.12 bits per heavy atom. The van der Waals surface area contributed by atoms with Crippen molar-refractivity contribution in [3.8, 4) is 0 Å². The number of hydrogen-bond acceptors (Lipinski definition) is 2. The monoisotopic (exact) mass is 242 g/mol. The fourth-order valence-corrected chi connectivity index (χ4v) is 2.29. The molecule has 1 aliphatic rings. The Morgan fingerprint density at radius 3 is 2.71 bits per heavy atom. The first-order valence-corrected chi connectivity index (χ1v) is 6.26. The smallest absolute Gasteiger partial charge is 0.325 e. The zero-order valence-corrected chi connectivity index (χ0v) is 10.5.